The van der Waals surface area contributed by atoms with E-state index in [0.717, 1.165) is 6.42 Å². The van der Waals surface area contributed by atoms with Gasteiger partial charge in [-0.3, -0.25) is 4.79 Å². The second-order valence-corrected chi connectivity index (χ2v) is 5.98. The molecule has 0 spiro atoms. The molecule has 3 rings (SSSR count). The van der Waals surface area contributed by atoms with Crippen LogP contribution in [0.3, 0.4) is 0 Å². The van der Waals surface area contributed by atoms with Crippen LogP contribution in [0, 0.1) is 5.92 Å². The van der Waals surface area contributed by atoms with Crippen molar-refractivity contribution < 1.29 is 9.53 Å². The number of carbonyl (C=O) groups is 1. The van der Waals surface area contributed by atoms with E-state index in [1.54, 1.807) is 0 Å². The summed E-state index contributed by atoms with van der Waals surface area (Å²) in [5.74, 6) is -0.0422. The van der Waals surface area contributed by atoms with E-state index in [4.69, 9.17) is 4.74 Å². The van der Waals surface area contributed by atoms with Gasteiger partial charge in [0.1, 0.15) is 0 Å². The van der Waals surface area contributed by atoms with E-state index in [1.807, 2.05) is 31.2 Å². The average molecular weight is 309 g/mol. The molecule has 1 aliphatic heterocycles. The lowest BCUT2D eigenvalue weighted by Gasteiger charge is -2.36. The monoisotopic (exact) mass is 309 g/mol. The van der Waals surface area contributed by atoms with Crippen molar-refractivity contribution in [3.8, 4) is 0 Å². The molecule has 3 nitrogen and oxygen atoms in total. The van der Waals surface area contributed by atoms with Crippen LogP contribution in [0.1, 0.15) is 36.4 Å². The van der Waals surface area contributed by atoms with Gasteiger partial charge >= 0.3 is 5.97 Å². The first-order chi connectivity index (χ1) is 11.3. The predicted molar refractivity (Wildman–Crippen MR) is 91.1 cm³/mol. The third-order valence-electron chi connectivity index (χ3n) is 4.58. The number of carbonyl (C=O) groups excluding carboxylic acids is 1. The van der Waals surface area contributed by atoms with E-state index in [-0.39, 0.29) is 23.8 Å². The molecule has 0 aromatic heterocycles. The first-order valence-electron chi connectivity index (χ1n) is 8.29. The Morgan fingerprint density at radius 3 is 2.26 bits per heavy atom. The zero-order chi connectivity index (χ0) is 16.1. The van der Waals surface area contributed by atoms with Gasteiger partial charge in [0.05, 0.1) is 12.5 Å². The van der Waals surface area contributed by atoms with Gasteiger partial charge in [-0.2, -0.15) is 0 Å². The van der Waals surface area contributed by atoms with Crippen molar-refractivity contribution in [3.63, 3.8) is 0 Å². The van der Waals surface area contributed by atoms with Gasteiger partial charge in [-0.15, -0.1) is 0 Å². The molecule has 2 aromatic carbocycles. The molecule has 1 saturated heterocycles. The highest BCUT2D eigenvalue weighted by Crippen LogP contribution is 2.38. The molecule has 120 valence electrons. The quantitative estimate of drug-likeness (QED) is 0.876. The van der Waals surface area contributed by atoms with Crippen molar-refractivity contribution >= 4 is 5.97 Å². The second-order valence-electron chi connectivity index (χ2n) is 5.98. The van der Waals surface area contributed by atoms with Gasteiger partial charge in [-0.25, -0.2) is 0 Å². The van der Waals surface area contributed by atoms with E-state index < -0.39 is 0 Å². The highest BCUT2D eigenvalue weighted by molar-refractivity contribution is 5.74. The lowest BCUT2D eigenvalue weighted by molar-refractivity contribution is -0.149. The summed E-state index contributed by atoms with van der Waals surface area (Å²) in [7, 11) is 0. The Morgan fingerprint density at radius 1 is 1.04 bits per heavy atom. The maximum atomic E-state index is 12.4. The van der Waals surface area contributed by atoms with Crippen molar-refractivity contribution in [2.45, 2.75) is 25.3 Å². The Morgan fingerprint density at radius 2 is 1.65 bits per heavy atom. The number of piperidine rings is 1. The lowest BCUT2D eigenvalue weighted by Crippen LogP contribution is -2.42. The summed E-state index contributed by atoms with van der Waals surface area (Å²) in [4.78, 5) is 12.4. The molecule has 3 atom stereocenters. The van der Waals surface area contributed by atoms with Crippen LogP contribution in [0.5, 0.6) is 0 Å². The van der Waals surface area contributed by atoms with Crippen molar-refractivity contribution in [1.29, 1.82) is 0 Å². The van der Waals surface area contributed by atoms with E-state index in [1.165, 1.54) is 11.1 Å². The van der Waals surface area contributed by atoms with Gasteiger partial charge in [-0.1, -0.05) is 60.7 Å². The van der Waals surface area contributed by atoms with Crippen LogP contribution in [0.25, 0.3) is 0 Å². The van der Waals surface area contributed by atoms with Crippen LogP contribution < -0.4 is 5.32 Å². The van der Waals surface area contributed by atoms with Crippen molar-refractivity contribution in [2.24, 2.45) is 5.92 Å². The Hall–Kier alpha value is -2.13. The number of esters is 1. The molecular formula is C20H23NO2. The summed E-state index contributed by atoms with van der Waals surface area (Å²) in [6.07, 6.45) is 0.900. The van der Waals surface area contributed by atoms with Crippen LogP contribution in [-0.2, 0) is 9.53 Å². The minimum absolute atomic E-state index is 0.0969. The molecule has 1 aliphatic rings. The van der Waals surface area contributed by atoms with Crippen LogP contribution in [-0.4, -0.2) is 19.1 Å². The Bertz CT molecular complexity index is 627. The fourth-order valence-electron chi connectivity index (χ4n) is 3.42. The number of nitrogens with one attached hydrogen (secondary N) is 1. The van der Waals surface area contributed by atoms with Crippen LogP contribution >= 0.6 is 0 Å². The zero-order valence-corrected chi connectivity index (χ0v) is 13.4. The highest BCUT2D eigenvalue weighted by Gasteiger charge is 2.37. The van der Waals surface area contributed by atoms with Crippen molar-refractivity contribution in [1.82, 2.24) is 5.32 Å². The van der Waals surface area contributed by atoms with Crippen LogP contribution in [0.4, 0.5) is 0 Å². The molecule has 1 fully saturated rings. The standard InChI is InChI=1S/C20H23NO2/c1-2-23-20(22)18-14-21-19(16-11-7-4-8-12-16)13-17(18)15-9-5-3-6-10-15/h3-12,17-19,21H,2,13-14H2,1H3/t17-,18-,19-/m1/s1. The molecule has 2 aromatic rings. The number of hydrogen-bond donors (Lipinski definition) is 1. The van der Waals surface area contributed by atoms with E-state index in [9.17, 15) is 4.79 Å². The predicted octanol–water partition coefficient (Wildman–Crippen LogP) is 3.68. The minimum Gasteiger partial charge on any atom is -0.466 e. The normalized spacial score (nSPS) is 24.1. The van der Waals surface area contributed by atoms with Crippen molar-refractivity contribution in [3.05, 3.63) is 71.8 Å². The number of rotatable bonds is 4. The third-order valence-corrected chi connectivity index (χ3v) is 4.58. The first-order valence-corrected chi connectivity index (χ1v) is 8.29. The molecule has 1 N–H and O–H groups in total. The summed E-state index contributed by atoms with van der Waals surface area (Å²) >= 11 is 0. The summed E-state index contributed by atoms with van der Waals surface area (Å²) in [6.45, 7) is 2.94. The lowest BCUT2D eigenvalue weighted by atomic mass is 9.77. The highest BCUT2D eigenvalue weighted by atomic mass is 16.5. The molecule has 23 heavy (non-hydrogen) atoms. The molecule has 0 saturated carbocycles. The largest absolute Gasteiger partial charge is 0.466 e. The maximum absolute atomic E-state index is 12.4. The van der Waals surface area contributed by atoms with Gasteiger partial charge in [0, 0.05) is 18.5 Å². The SMILES string of the molecule is CCOC(=O)[C@@H]1CN[C@@H](c2ccccc2)C[C@@H]1c1ccccc1. The van der Waals surface area contributed by atoms with Gasteiger partial charge < -0.3 is 10.1 Å². The molecular weight excluding hydrogens is 286 g/mol. The van der Waals surface area contributed by atoms with Gasteiger partial charge in [0.15, 0.2) is 0 Å². The van der Waals surface area contributed by atoms with Gasteiger partial charge in [0.25, 0.3) is 0 Å². The summed E-state index contributed by atoms with van der Waals surface area (Å²) < 4.78 is 5.30. The van der Waals surface area contributed by atoms with E-state index >= 15 is 0 Å². The number of ether oxygens (including phenoxy) is 1. The molecule has 0 radical (unpaired) electrons. The molecule has 0 unspecified atom stereocenters. The fraction of sp³-hybridized carbons (Fsp3) is 0.350. The zero-order valence-electron chi connectivity index (χ0n) is 13.4. The second kappa shape index (κ2) is 7.42. The summed E-state index contributed by atoms with van der Waals surface area (Å²) in [6, 6.07) is 21.0. The van der Waals surface area contributed by atoms with E-state index in [0.29, 0.717) is 13.2 Å². The number of hydrogen-bond acceptors (Lipinski definition) is 3. The fourth-order valence-corrected chi connectivity index (χ4v) is 3.42. The topological polar surface area (TPSA) is 38.3 Å². The van der Waals surface area contributed by atoms with Gasteiger partial charge in [-0.05, 0) is 24.5 Å². The summed E-state index contributed by atoms with van der Waals surface area (Å²) in [5, 5.41) is 3.52. The Kier molecular flexibility index (Phi) is 5.09. The smallest absolute Gasteiger partial charge is 0.310 e. The van der Waals surface area contributed by atoms with Crippen molar-refractivity contribution in [2.75, 3.05) is 13.2 Å². The van der Waals surface area contributed by atoms with Crippen LogP contribution in [0.2, 0.25) is 0 Å². The maximum Gasteiger partial charge on any atom is 0.310 e. The summed E-state index contributed by atoms with van der Waals surface area (Å²) in [5.41, 5.74) is 2.49. The minimum atomic E-state index is -0.127. The van der Waals surface area contributed by atoms with E-state index in [2.05, 4.69) is 41.7 Å². The average Bonchev–Trinajstić information content (AvgIpc) is 2.63. The Balaban J connectivity index is 1.85. The number of benzene rings is 2. The Labute approximate surface area is 137 Å². The molecule has 0 bridgehead atoms. The molecule has 0 aliphatic carbocycles. The molecule has 1 heterocycles. The molecule has 3 heteroatoms. The van der Waals surface area contributed by atoms with Gasteiger partial charge in [0.2, 0.25) is 0 Å². The third kappa shape index (κ3) is 3.62. The first kappa shape index (κ1) is 15.8. The molecule has 0 amide bonds. The van der Waals surface area contributed by atoms with Crippen LogP contribution in [0.15, 0.2) is 60.7 Å².